The first-order chi connectivity index (χ1) is 8.86. The molecule has 1 N–H and O–H groups in total. The van der Waals surface area contributed by atoms with Crippen LogP contribution in [0.4, 0.5) is 5.82 Å². The van der Waals surface area contributed by atoms with E-state index in [4.69, 9.17) is 16.3 Å². The SMILES string of the molecule is CCCOc1cncc(NCCCCCCCl)n1. The number of hydrogen-bond acceptors (Lipinski definition) is 4. The van der Waals surface area contributed by atoms with Crippen LogP contribution < -0.4 is 10.1 Å². The van der Waals surface area contributed by atoms with Crippen LogP contribution in [0.1, 0.15) is 39.0 Å². The average molecular weight is 272 g/mol. The lowest BCUT2D eigenvalue weighted by Crippen LogP contribution is -2.05. The maximum Gasteiger partial charge on any atom is 0.234 e. The highest BCUT2D eigenvalue weighted by atomic mass is 35.5. The lowest BCUT2D eigenvalue weighted by molar-refractivity contribution is 0.304. The fourth-order valence-corrected chi connectivity index (χ4v) is 1.69. The predicted octanol–water partition coefficient (Wildman–Crippen LogP) is 3.48. The minimum atomic E-state index is 0.587. The molecule has 5 heteroatoms. The zero-order valence-corrected chi connectivity index (χ0v) is 11.7. The van der Waals surface area contributed by atoms with Gasteiger partial charge in [0, 0.05) is 12.4 Å². The lowest BCUT2D eigenvalue weighted by Gasteiger charge is -2.07. The first-order valence-electron chi connectivity index (χ1n) is 6.61. The van der Waals surface area contributed by atoms with Crippen molar-refractivity contribution in [1.29, 1.82) is 0 Å². The zero-order valence-electron chi connectivity index (χ0n) is 11.0. The molecule has 18 heavy (non-hydrogen) atoms. The third-order valence-corrected chi connectivity index (χ3v) is 2.70. The molecule has 0 bridgehead atoms. The molecule has 1 aromatic rings. The highest BCUT2D eigenvalue weighted by Crippen LogP contribution is 2.09. The molecule has 1 rings (SSSR count). The minimum absolute atomic E-state index is 0.587. The van der Waals surface area contributed by atoms with Gasteiger partial charge in [0.2, 0.25) is 5.88 Å². The summed E-state index contributed by atoms with van der Waals surface area (Å²) >= 11 is 5.62. The lowest BCUT2D eigenvalue weighted by atomic mass is 10.2. The topological polar surface area (TPSA) is 47.0 Å². The van der Waals surface area contributed by atoms with E-state index in [1.807, 2.05) is 0 Å². The molecular weight excluding hydrogens is 250 g/mol. The standard InChI is InChI=1S/C13H22ClN3O/c1-2-9-18-13-11-15-10-12(17-13)16-8-6-4-3-5-7-14/h10-11H,2-9H2,1H3,(H,16,17). The van der Waals surface area contributed by atoms with E-state index in [1.54, 1.807) is 12.4 Å². The molecule has 0 aliphatic carbocycles. The molecular formula is C13H22ClN3O. The van der Waals surface area contributed by atoms with Crippen LogP contribution in [-0.2, 0) is 0 Å². The first-order valence-corrected chi connectivity index (χ1v) is 7.15. The molecule has 0 atom stereocenters. The van der Waals surface area contributed by atoms with Crippen molar-refractivity contribution in [2.24, 2.45) is 0 Å². The second-order valence-electron chi connectivity index (χ2n) is 4.12. The van der Waals surface area contributed by atoms with E-state index in [2.05, 4.69) is 22.2 Å². The number of nitrogens with zero attached hydrogens (tertiary/aromatic N) is 2. The molecule has 0 aromatic carbocycles. The van der Waals surface area contributed by atoms with Crippen LogP contribution in [0, 0.1) is 0 Å². The molecule has 0 saturated heterocycles. The van der Waals surface area contributed by atoms with E-state index in [-0.39, 0.29) is 0 Å². The third kappa shape index (κ3) is 6.64. The summed E-state index contributed by atoms with van der Waals surface area (Å²) < 4.78 is 5.43. The second-order valence-corrected chi connectivity index (χ2v) is 4.50. The summed E-state index contributed by atoms with van der Waals surface area (Å²) in [5, 5.41) is 3.25. The Hall–Kier alpha value is -1.03. The van der Waals surface area contributed by atoms with Crippen molar-refractivity contribution in [2.75, 3.05) is 24.3 Å². The summed E-state index contributed by atoms with van der Waals surface area (Å²) in [6.07, 6.45) is 8.94. The maximum atomic E-state index is 5.62. The molecule has 1 aromatic heterocycles. The van der Waals surface area contributed by atoms with Gasteiger partial charge in [-0.3, -0.25) is 4.98 Å². The van der Waals surface area contributed by atoms with Gasteiger partial charge in [0.05, 0.1) is 19.0 Å². The van der Waals surface area contributed by atoms with Crippen molar-refractivity contribution in [3.63, 3.8) is 0 Å². The summed E-state index contributed by atoms with van der Waals surface area (Å²) in [7, 11) is 0. The van der Waals surface area contributed by atoms with Crippen LogP contribution >= 0.6 is 11.6 Å². The van der Waals surface area contributed by atoms with Crippen LogP contribution in [0.2, 0.25) is 0 Å². The Morgan fingerprint density at radius 2 is 2.06 bits per heavy atom. The van der Waals surface area contributed by atoms with E-state index in [0.29, 0.717) is 12.5 Å². The fourth-order valence-electron chi connectivity index (χ4n) is 1.50. The molecule has 0 aliphatic heterocycles. The van der Waals surface area contributed by atoms with Crippen LogP contribution in [-0.4, -0.2) is 29.0 Å². The van der Waals surface area contributed by atoms with E-state index >= 15 is 0 Å². The van der Waals surface area contributed by atoms with E-state index in [0.717, 1.165) is 37.5 Å². The van der Waals surface area contributed by atoms with Gasteiger partial charge in [0.25, 0.3) is 0 Å². The molecule has 0 amide bonds. The monoisotopic (exact) mass is 271 g/mol. The number of alkyl halides is 1. The number of halogens is 1. The molecule has 0 saturated carbocycles. The van der Waals surface area contributed by atoms with Gasteiger partial charge in [-0.25, -0.2) is 0 Å². The Morgan fingerprint density at radius 1 is 1.22 bits per heavy atom. The van der Waals surface area contributed by atoms with Crippen LogP contribution in [0.5, 0.6) is 5.88 Å². The molecule has 0 fully saturated rings. The number of anilines is 1. The van der Waals surface area contributed by atoms with Crippen molar-refractivity contribution in [3.8, 4) is 5.88 Å². The summed E-state index contributed by atoms with van der Waals surface area (Å²) in [6.45, 7) is 3.65. The minimum Gasteiger partial charge on any atom is -0.477 e. The average Bonchev–Trinajstić information content (AvgIpc) is 2.41. The summed E-state index contributed by atoms with van der Waals surface area (Å²) in [5.41, 5.74) is 0. The van der Waals surface area contributed by atoms with Crippen molar-refractivity contribution < 1.29 is 4.74 Å². The molecule has 1 heterocycles. The number of ether oxygens (including phenoxy) is 1. The molecule has 102 valence electrons. The van der Waals surface area contributed by atoms with E-state index in [9.17, 15) is 0 Å². The normalized spacial score (nSPS) is 10.3. The number of unbranched alkanes of at least 4 members (excludes halogenated alkanes) is 3. The van der Waals surface area contributed by atoms with Crippen molar-refractivity contribution in [3.05, 3.63) is 12.4 Å². The Bertz CT molecular complexity index is 323. The Labute approximate surface area is 114 Å². The number of aromatic nitrogens is 2. The largest absolute Gasteiger partial charge is 0.477 e. The highest BCUT2D eigenvalue weighted by Gasteiger charge is 1.98. The number of nitrogens with one attached hydrogen (secondary N) is 1. The van der Waals surface area contributed by atoms with Crippen molar-refractivity contribution >= 4 is 17.4 Å². The smallest absolute Gasteiger partial charge is 0.234 e. The molecule has 0 unspecified atom stereocenters. The molecule has 4 nitrogen and oxygen atoms in total. The summed E-state index contributed by atoms with van der Waals surface area (Å²) in [6, 6.07) is 0. The first kappa shape index (κ1) is 15.0. The van der Waals surface area contributed by atoms with Gasteiger partial charge in [-0.2, -0.15) is 4.98 Å². The van der Waals surface area contributed by atoms with Crippen molar-refractivity contribution in [1.82, 2.24) is 9.97 Å². The maximum absolute atomic E-state index is 5.62. The van der Waals surface area contributed by atoms with Gasteiger partial charge in [-0.05, 0) is 19.3 Å². The van der Waals surface area contributed by atoms with Gasteiger partial charge in [0.1, 0.15) is 5.82 Å². The van der Waals surface area contributed by atoms with Gasteiger partial charge in [0.15, 0.2) is 0 Å². The Kier molecular flexibility index (Phi) is 8.30. The van der Waals surface area contributed by atoms with E-state index < -0.39 is 0 Å². The van der Waals surface area contributed by atoms with Crippen LogP contribution in [0.25, 0.3) is 0 Å². The molecule has 0 aliphatic rings. The third-order valence-electron chi connectivity index (χ3n) is 2.43. The van der Waals surface area contributed by atoms with Crippen LogP contribution in [0.15, 0.2) is 12.4 Å². The zero-order chi connectivity index (χ0) is 13.1. The number of hydrogen-bond donors (Lipinski definition) is 1. The van der Waals surface area contributed by atoms with E-state index in [1.165, 1.54) is 12.8 Å². The van der Waals surface area contributed by atoms with Crippen molar-refractivity contribution in [2.45, 2.75) is 39.0 Å². The quantitative estimate of drug-likeness (QED) is 0.523. The van der Waals surface area contributed by atoms with Gasteiger partial charge >= 0.3 is 0 Å². The number of rotatable bonds is 10. The summed E-state index contributed by atoms with van der Waals surface area (Å²) in [4.78, 5) is 8.43. The molecule has 0 spiro atoms. The molecule has 0 radical (unpaired) electrons. The Morgan fingerprint density at radius 3 is 2.83 bits per heavy atom. The van der Waals surface area contributed by atoms with Gasteiger partial charge < -0.3 is 10.1 Å². The fraction of sp³-hybridized carbons (Fsp3) is 0.692. The highest BCUT2D eigenvalue weighted by molar-refractivity contribution is 6.17. The summed E-state index contributed by atoms with van der Waals surface area (Å²) in [5.74, 6) is 2.13. The second kappa shape index (κ2) is 9.95. The van der Waals surface area contributed by atoms with Gasteiger partial charge in [-0.1, -0.05) is 19.8 Å². The van der Waals surface area contributed by atoms with Gasteiger partial charge in [-0.15, -0.1) is 11.6 Å². The van der Waals surface area contributed by atoms with Crippen LogP contribution in [0.3, 0.4) is 0 Å². The predicted molar refractivity (Wildman–Crippen MR) is 75.5 cm³/mol. The Balaban J connectivity index is 2.20.